The van der Waals surface area contributed by atoms with Crippen LogP contribution >= 0.6 is 0 Å². The van der Waals surface area contributed by atoms with Crippen LogP contribution in [0.15, 0.2) is 48.5 Å². The van der Waals surface area contributed by atoms with Crippen LogP contribution in [0.4, 0.5) is 0 Å². The third-order valence-electron chi connectivity index (χ3n) is 4.51. The molecule has 0 amide bonds. The molecule has 0 atom stereocenters. The number of imidazole rings is 1. The van der Waals surface area contributed by atoms with Gasteiger partial charge < -0.3 is 14.5 Å². The fourth-order valence-electron chi connectivity index (χ4n) is 3.01. The van der Waals surface area contributed by atoms with Crippen molar-refractivity contribution in [2.24, 2.45) is 0 Å². The fraction of sp³-hybridized carbons (Fsp3) is 0.318. The second-order valence-electron chi connectivity index (χ2n) is 6.32. The minimum absolute atomic E-state index is 0.846. The molecule has 3 aromatic rings. The van der Waals surface area contributed by atoms with E-state index in [4.69, 9.17) is 14.5 Å². The van der Waals surface area contributed by atoms with Gasteiger partial charge in [-0.1, -0.05) is 19.8 Å². The number of ether oxygens (including phenoxy) is 2. The molecular weight excluding hydrogens is 324 g/mol. The van der Waals surface area contributed by atoms with E-state index in [1.54, 1.807) is 14.2 Å². The van der Waals surface area contributed by atoms with E-state index in [0.717, 1.165) is 52.7 Å². The summed E-state index contributed by atoms with van der Waals surface area (Å²) in [6, 6.07) is 16.1. The number of aryl methyl sites for hydroxylation is 1. The summed E-state index contributed by atoms with van der Waals surface area (Å²) in [6.45, 7) is 2.22. The van der Waals surface area contributed by atoms with Gasteiger partial charge in [0.2, 0.25) is 0 Å². The molecule has 1 heterocycles. The molecule has 136 valence electrons. The van der Waals surface area contributed by atoms with Gasteiger partial charge in [0.1, 0.15) is 17.3 Å². The number of hydrogen-bond acceptors (Lipinski definition) is 3. The first-order valence-electron chi connectivity index (χ1n) is 9.13. The Morgan fingerprint density at radius 3 is 1.92 bits per heavy atom. The zero-order chi connectivity index (χ0) is 18.4. The first kappa shape index (κ1) is 18.1. The van der Waals surface area contributed by atoms with E-state index in [2.05, 4.69) is 36.2 Å². The van der Waals surface area contributed by atoms with Crippen molar-refractivity contribution in [2.75, 3.05) is 14.2 Å². The van der Waals surface area contributed by atoms with E-state index in [0.29, 0.717) is 0 Å². The lowest BCUT2D eigenvalue weighted by atomic mass is 10.0. The average Bonchev–Trinajstić information content (AvgIpc) is 3.12. The van der Waals surface area contributed by atoms with Crippen molar-refractivity contribution in [2.45, 2.75) is 32.6 Å². The maximum absolute atomic E-state index is 5.28. The first-order chi connectivity index (χ1) is 12.7. The van der Waals surface area contributed by atoms with E-state index in [1.807, 2.05) is 24.3 Å². The number of aromatic nitrogens is 2. The predicted molar refractivity (Wildman–Crippen MR) is 106 cm³/mol. The van der Waals surface area contributed by atoms with E-state index >= 15 is 0 Å². The van der Waals surface area contributed by atoms with Gasteiger partial charge >= 0.3 is 0 Å². The molecule has 4 nitrogen and oxygen atoms in total. The molecule has 2 aromatic carbocycles. The smallest absolute Gasteiger partial charge is 0.118 e. The molecule has 0 saturated heterocycles. The van der Waals surface area contributed by atoms with Crippen molar-refractivity contribution in [3.05, 3.63) is 54.4 Å². The molecule has 3 rings (SSSR count). The Bertz CT molecular complexity index is 755. The lowest BCUT2D eigenvalue weighted by molar-refractivity contribution is 0.414. The lowest BCUT2D eigenvalue weighted by Crippen LogP contribution is -1.88. The summed E-state index contributed by atoms with van der Waals surface area (Å²) in [5, 5.41) is 0. The third-order valence-corrected chi connectivity index (χ3v) is 4.51. The van der Waals surface area contributed by atoms with E-state index < -0.39 is 0 Å². The predicted octanol–water partition coefficient (Wildman–Crippen LogP) is 5.49. The van der Waals surface area contributed by atoms with Crippen LogP contribution in [0, 0.1) is 0 Å². The molecule has 0 spiro atoms. The number of hydrogen-bond donors (Lipinski definition) is 1. The highest BCUT2D eigenvalue weighted by Crippen LogP contribution is 2.32. The Morgan fingerprint density at radius 1 is 0.808 bits per heavy atom. The summed E-state index contributed by atoms with van der Waals surface area (Å²) in [5.41, 5.74) is 4.20. The van der Waals surface area contributed by atoms with Gasteiger partial charge in [-0.05, 0) is 55.0 Å². The van der Waals surface area contributed by atoms with Gasteiger partial charge in [0.05, 0.1) is 25.6 Å². The van der Waals surface area contributed by atoms with E-state index in [-0.39, 0.29) is 0 Å². The van der Waals surface area contributed by atoms with Crippen LogP contribution in [0.5, 0.6) is 11.5 Å². The average molecular weight is 350 g/mol. The number of unbranched alkanes of at least 4 members (excludes halogenated alkanes) is 2. The second kappa shape index (κ2) is 8.56. The molecule has 0 fully saturated rings. The summed E-state index contributed by atoms with van der Waals surface area (Å²) in [5.74, 6) is 2.73. The molecule has 0 aliphatic rings. The van der Waals surface area contributed by atoms with Crippen LogP contribution in [0.3, 0.4) is 0 Å². The van der Waals surface area contributed by atoms with Gasteiger partial charge in [-0.25, -0.2) is 4.98 Å². The van der Waals surface area contributed by atoms with Crippen LogP contribution < -0.4 is 9.47 Å². The summed E-state index contributed by atoms with van der Waals surface area (Å²) in [6.07, 6.45) is 4.54. The minimum atomic E-state index is 0.846. The van der Waals surface area contributed by atoms with Crippen LogP contribution in [-0.2, 0) is 6.42 Å². The van der Waals surface area contributed by atoms with Crippen molar-refractivity contribution < 1.29 is 9.47 Å². The monoisotopic (exact) mass is 350 g/mol. The Labute approximate surface area is 155 Å². The lowest BCUT2D eigenvalue weighted by Gasteiger charge is -2.06. The Kier molecular flexibility index (Phi) is 5.95. The Balaban J connectivity index is 1.98. The third kappa shape index (κ3) is 4.07. The summed E-state index contributed by atoms with van der Waals surface area (Å²) < 4.78 is 10.6. The molecule has 1 aromatic heterocycles. The summed E-state index contributed by atoms with van der Waals surface area (Å²) in [4.78, 5) is 8.44. The number of aromatic amines is 1. The van der Waals surface area contributed by atoms with Crippen molar-refractivity contribution in [3.8, 4) is 34.0 Å². The number of benzene rings is 2. The van der Waals surface area contributed by atoms with Gasteiger partial charge in [-0.15, -0.1) is 0 Å². The Morgan fingerprint density at radius 2 is 1.38 bits per heavy atom. The number of nitrogens with one attached hydrogen (secondary N) is 1. The summed E-state index contributed by atoms with van der Waals surface area (Å²) >= 11 is 0. The Hall–Kier alpha value is -2.75. The van der Waals surface area contributed by atoms with Crippen molar-refractivity contribution >= 4 is 0 Å². The quantitative estimate of drug-likeness (QED) is 0.546. The minimum Gasteiger partial charge on any atom is -0.497 e. The van der Waals surface area contributed by atoms with Gasteiger partial charge in [0, 0.05) is 17.5 Å². The van der Waals surface area contributed by atoms with E-state index in [1.165, 1.54) is 12.8 Å². The molecule has 4 heteroatoms. The van der Waals surface area contributed by atoms with Crippen LogP contribution in [0.2, 0.25) is 0 Å². The molecule has 0 saturated carbocycles. The zero-order valence-corrected chi connectivity index (χ0v) is 15.7. The van der Waals surface area contributed by atoms with Crippen LogP contribution in [0.1, 0.15) is 32.0 Å². The standard InChI is InChI=1S/C22H26N2O2/c1-4-5-6-7-20-23-21(16-8-12-18(25-2)13-9-16)22(24-20)17-10-14-19(26-3)15-11-17/h8-15H,4-7H2,1-3H3,(H,23,24). The SMILES string of the molecule is CCCCCc1nc(-c2ccc(OC)cc2)c(-c2ccc(OC)cc2)[nH]1. The van der Waals surface area contributed by atoms with Crippen LogP contribution in [-0.4, -0.2) is 24.2 Å². The fourth-order valence-corrected chi connectivity index (χ4v) is 3.01. The molecule has 0 radical (unpaired) electrons. The number of H-pyrrole nitrogens is 1. The first-order valence-corrected chi connectivity index (χ1v) is 9.13. The molecule has 0 unspecified atom stereocenters. The van der Waals surface area contributed by atoms with Crippen LogP contribution in [0.25, 0.3) is 22.5 Å². The maximum Gasteiger partial charge on any atom is 0.118 e. The zero-order valence-electron chi connectivity index (χ0n) is 15.7. The van der Waals surface area contributed by atoms with Gasteiger partial charge in [-0.3, -0.25) is 0 Å². The van der Waals surface area contributed by atoms with Crippen molar-refractivity contribution in [3.63, 3.8) is 0 Å². The molecular formula is C22H26N2O2. The molecule has 0 aliphatic carbocycles. The maximum atomic E-state index is 5.28. The van der Waals surface area contributed by atoms with Crippen molar-refractivity contribution in [1.82, 2.24) is 9.97 Å². The molecule has 26 heavy (non-hydrogen) atoms. The van der Waals surface area contributed by atoms with Gasteiger partial charge in [-0.2, -0.15) is 0 Å². The van der Waals surface area contributed by atoms with Gasteiger partial charge in [0.25, 0.3) is 0 Å². The highest BCUT2D eigenvalue weighted by atomic mass is 16.5. The van der Waals surface area contributed by atoms with E-state index in [9.17, 15) is 0 Å². The number of nitrogens with zero attached hydrogens (tertiary/aromatic N) is 1. The summed E-state index contributed by atoms with van der Waals surface area (Å²) in [7, 11) is 3.36. The highest BCUT2D eigenvalue weighted by Gasteiger charge is 2.14. The number of rotatable bonds is 8. The highest BCUT2D eigenvalue weighted by molar-refractivity contribution is 5.79. The largest absolute Gasteiger partial charge is 0.497 e. The molecule has 0 bridgehead atoms. The number of methoxy groups -OCH3 is 2. The normalized spacial score (nSPS) is 10.7. The molecule has 0 aliphatic heterocycles. The van der Waals surface area contributed by atoms with Crippen molar-refractivity contribution in [1.29, 1.82) is 0 Å². The second-order valence-corrected chi connectivity index (χ2v) is 6.32. The molecule has 1 N–H and O–H groups in total. The topological polar surface area (TPSA) is 47.1 Å². The van der Waals surface area contributed by atoms with Gasteiger partial charge in [0.15, 0.2) is 0 Å².